The summed E-state index contributed by atoms with van der Waals surface area (Å²) in [6, 6.07) is 9.38. The fourth-order valence-electron chi connectivity index (χ4n) is 1.77. The van der Waals surface area contributed by atoms with Crippen molar-refractivity contribution in [3.8, 4) is 0 Å². The number of carbonyl (C=O) groups is 1. The average molecular weight is 230 g/mol. The summed E-state index contributed by atoms with van der Waals surface area (Å²) < 4.78 is 0. The number of aromatic nitrogens is 1. The molecule has 1 heterocycles. The molecule has 0 radical (unpaired) electrons. The summed E-state index contributed by atoms with van der Waals surface area (Å²) in [6.07, 6.45) is 2.28. The standard InChI is InChI=1S/C13H14N2O2/c14-11(4-6-13(16)17)9-3-5-12-10(8-9)2-1-7-15-12/h1-3,5,7-8,11H,4,6,14H2,(H,16,17). The molecule has 1 unspecified atom stereocenters. The lowest BCUT2D eigenvalue weighted by Crippen LogP contribution is -2.12. The Morgan fingerprint density at radius 2 is 2.24 bits per heavy atom. The highest BCUT2D eigenvalue weighted by atomic mass is 16.4. The van der Waals surface area contributed by atoms with E-state index in [-0.39, 0.29) is 12.5 Å². The molecule has 0 saturated heterocycles. The van der Waals surface area contributed by atoms with E-state index in [9.17, 15) is 4.79 Å². The van der Waals surface area contributed by atoms with Crippen LogP contribution in [0.1, 0.15) is 24.4 Å². The minimum absolute atomic E-state index is 0.0895. The summed E-state index contributed by atoms with van der Waals surface area (Å²) in [4.78, 5) is 14.7. The van der Waals surface area contributed by atoms with Crippen LogP contribution in [-0.4, -0.2) is 16.1 Å². The van der Waals surface area contributed by atoms with Crippen molar-refractivity contribution < 1.29 is 9.90 Å². The van der Waals surface area contributed by atoms with Gasteiger partial charge in [-0.2, -0.15) is 0 Å². The molecule has 0 aliphatic carbocycles. The van der Waals surface area contributed by atoms with Gasteiger partial charge in [0, 0.05) is 24.0 Å². The van der Waals surface area contributed by atoms with E-state index in [4.69, 9.17) is 10.8 Å². The lowest BCUT2D eigenvalue weighted by Gasteiger charge is -2.11. The van der Waals surface area contributed by atoms with Crippen LogP contribution in [0.25, 0.3) is 10.9 Å². The second-order valence-corrected chi connectivity index (χ2v) is 3.99. The van der Waals surface area contributed by atoms with Gasteiger partial charge in [0.15, 0.2) is 0 Å². The summed E-state index contributed by atoms with van der Waals surface area (Å²) in [5.74, 6) is -0.817. The van der Waals surface area contributed by atoms with Crippen molar-refractivity contribution in [3.05, 3.63) is 42.1 Å². The molecular weight excluding hydrogens is 216 g/mol. The van der Waals surface area contributed by atoms with E-state index in [1.54, 1.807) is 6.20 Å². The van der Waals surface area contributed by atoms with Crippen LogP contribution in [0.15, 0.2) is 36.5 Å². The number of carboxylic acids is 1. The zero-order valence-electron chi connectivity index (χ0n) is 9.34. The maximum atomic E-state index is 10.5. The van der Waals surface area contributed by atoms with Gasteiger partial charge < -0.3 is 10.8 Å². The molecule has 17 heavy (non-hydrogen) atoms. The number of benzene rings is 1. The second-order valence-electron chi connectivity index (χ2n) is 3.99. The fraction of sp³-hybridized carbons (Fsp3) is 0.231. The molecule has 1 aromatic carbocycles. The van der Waals surface area contributed by atoms with E-state index in [1.807, 2.05) is 30.3 Å². The van der Waals surface area contributed by atoms with Gasteiger partial charge in [-0.1, -0.05) is 12.1 Å². The predicted molar refractivity (Wildman–Crippen MR) is 65.5 cm³/mol. The number of fused-ring (bicyclic) bond motifs is 1. The summed E-state index contributed by atoms with van der Waals surface area (Å²) in [7, 11) is 0. The number of hydrogen-bond donors (Lipinski definition) is 2. The molecule has 0 bridgehead atoms. The molecule has 0 aliphatic rings. The lowest BCUT2D eigenvalue weighted by molar-refractivity contribution is -0.137. The zero-order valence-corrected chi connectivity index (χ0v) is 9.34. The van der Waals surface area contributed by atoms with Crippen molar-refractivity contribution in [3.63, 3.8) is 0 Å². The maximum Gasteiger partial charge on any atom is 0.303 e. The van der Waals surface area contributed by atoms with Gasteiger partial charge in [0.05, 0.1) is 5.52 Å². The van der Waals surface area contributed by atoms with Gasteiger partial charge in [0.1, 0.15) is 0 Å². The third-order valence-corrected chi connectivity index (χ3v) is 2.72. The van der Waals surface area contributed by atoms with E-state index in [0.29, 0.717) is 6.42 Å². The van der Waals surface area contributed by atoms with Crippen molar-refractivity contribution in [1.82, 2.24) is 4.98 Å². The van der Waals surface area contributed by atoms with Crippen molar-refractivity contribution in [1.29, 1.82) is 0 Å². The van der Waals surface area contributed by atoms with Crippen LogP contribution in [-0.2, 0) is 4.79 Å². The van der Waals surface area contributed by atoms with Crippen molar-refractivity contribution >= 4 is 16.9 Å². The third-order valence-electron chi connectivity index (χ3n) is 2.72. The van der Waals surface area contributed by atoms with Gasteiger partial charge in [-0.3, -0.25) is 9.78 Å². The molecule has 4 heteroatoms. The highest BCUT2D eigenvalue weighted by Gasteiger charge is 2.09. The van der Waals surface area contributed by atoms with Gasteiger partial charge in [-0.05, 0) is 30.2 Å². The summed E-state index contributed by atoms with van der Waals surface area (Å²) in [5.41, 5.74) is 7.82. The van der Waals surface area contributed by atoms with E-state index in [1.165, 1.54) is 0 Å². The Morgan fingerprint density at radius 3 is 3.00 bits per heavy atom. The van der Waals surface area contributed by atoms with Crippen molar-refractivity contribution in [2.75, 3.05) is 0 Å². The highest BCUT2D eigenvalue weighted by molar-refractivity contribution is 5.79. The molecular formula is C13H14N2O2. The molecule has 2 aromatic rings. The van der Waals surface area contributed by atoms with Crippen molar-refractivity contribution in [2.45, 2.75) is 18.9 Å². The number of hydrogen-bond acceptors (Lipinski definition) is 3. The van der Waals surface area contributed by atoms with E-state index in [2.05, 4.69) is 4.98 Å². The zero-order chi connectivity index (χ0) is 12.3. The van der Waals surface area contributed by atoms with Crippen LogP contribution in [0.4, 0.5) is 0 Å². The quantitative estimate of drug-likeness (QED) is 0.843. The Bertz CT molecular complexity index is 540. The van der Waals surface area contributed by atoms with Crippen LogP contribution in [0, 0.1) is 0 Å². The van der Waals surface area contributed by atoms with Gasteiger partial charge in [0.2, 0.25) is 0 Å². The molecule has 0 fully saturated rings. The first-order valence-electron chi connectivity index (χ1n) is 5.49. The lowest BCUT2D eigenvalue weighted by atomic mass is 10.0. The first-order chi connectivity index (χ1) is 8.16. The average Bonchev–Trinajstić information content (AvgIpc) is 2.35. The van der Waals surface area contributed by atoms with Crippen LogP contribution in [0.2, 0.25) is 0 Å². The Balaban J connectivity index is 2.20. The second kappa shape index (κ2) is 4.93. The number of rotatable bonds is 4. The minimum Gasteiger partial charge on any atom is -0.481 e. The number of carboxylic acid groups (broad SMARTS) is 1. The SMILES string of the molecule is NC(CCC(=O)O)c1ccc2ncccc2c1. The Labute approximate surface area is 99.1 Å². The molecule has 1 aromatic heterocycles. The number of aliphatic carboxylic acids is 1. The molecule has 2 rings (SSSR count). The fourth-order valence-corrected chi connectivity index (χ4v) is 1.77. The molecule has 4 nitrogen and oxygen atoms in total. The van der Waals surface area contributed by atoms with Crippen LogP contribution >= 0.6 is 0 Å². The van der Waals surface area contributed by atoms with Gasteiger partial charge in [0.25, 0.3) is 0 Å². The summed E-state index contributed by atoms with van der Waals surface area (Å²) >= 11 is 0. The molecule has 88 valence electrons. The van der Waals surface area contributed by atoms with Gasteiger partial charge >= 0.3 is 5.97 Å². The van der Waals surface area contributed by atoms with E-state index < -0.39 is 5.97 Å². The molecule has 1 atom stereocenters. The molecule has 0 aliphatic heterocycles. The first kappa shape index (κ1) is 11.5. The molecule has 0 amide bonds. The maximum absolute atomic E-state index is 10.5. The number of nitrogens with zero attached hydrogens (tertiary/aromatic N) is 1. The monoisotopic (exact) mass is 230 g/mol. The Hall–Kier alpha value is -1.94. The van der Waals surface area contributed by atoms with Crippen LogP contribution in [0.3, 0.4) is 0 Å². The largest absolute Gasteiger partial charge is 0.481 e. The first-order valence-corrected chi connectivity index (χ1v) is 5.49. The summed E-state index contributed by atoms with van der Waals surface area (Å²) in [6.45, 7) is 0. The van der Waals surface area contributed by atoms with Crippen LogP contribution < -0.4 is 5.73 Å². The molecule has 0 saturated carbocycles. The highest BCUT2D eigenvalue weighted by Crippen LogP contribution is 2.20. The Kier molecular flexibility index (Phi) is 3.35. The molecule has 3 N–H and O–H groups in total. The Morgan fingerprint density at radius 1 is 1.41 bits per heavy atom. The van der Waals surface area contributed by atoms with E-state index in [0.717, 1.165) is 16.5 Å². The van der Waals surface area contributed by atoms with Gasteiger partial charge in [-0.25, -0.2) is 0 Å². The number of pyridine rings is 1. The normalized spacial score (nSPS) is 12.5. The summed E-state index contributed by atoms with van der Waals surface area (Å²) in [5, 5.41) is 9.64. The molecule has 0 spiro atoms. The third kappa shape index (κ3) is 2.79. The van der Waals surface area contributed by atoms with E-state index >= 15 is 0 Å². The topological polar surface area (TPSA) is 76.2 Å². The minimum atomic E-state index is -0.817. The van der Waals surface area contributed by atoms with Gasteiger partial charge in [-0.15, -0.1) is 0 Å². The predicted octanol–water partition coefficient (Wildman–Crippen LogP) is 2.10. The smallest absolute Gasteiger partial charge is 0.303 e. The van der Waals surface area contributed by atoms with Crippen molar-refractivity contribution in [2.24, 2.45) is 5.73 Å². The van der Waals surface area contributed by atoms with Crippen LogP contribution in [0.5, 0.6) is 0 Å². The number of nitrogens with two attached hydrogens (primary N) is 1.